The highest BCUT2D eigenvalue weighted by molar-refractivity contribution is 5.92. The molecule has 7 rings (SSSR count). The van der Waals surface area contributed by atoms with Crippen LogP contribution in [0.4, 0.5) is 8.78 Å². The molecule has 0 saturated carbocycles. The van der Waals surface area contributed by atoms with Crippen LogP contribution in [0.2, 0.25) is 0 Å². The summed E-state index contributed by atoms with van der Waals surface area (Å²) in [5.41, 5.74) is 3.22. The minimum atomic E-state index is -1.06. The number of pyridine rings is 1. The maximum Gasteiger partial charge on any atom is 0.335 e. The second-order valence-corrected chi connectivity index (χ2v) is 10.8. The van der Waals surface area contributed by atoms with Crippen molar-refractivity contribution in [3.05, 3.63) is 125 Å². The van der Waals surface area contributed by atoms with Crippen LogP contribution in [0, 0.1) is 11.6 Å². The number of hydrogen-bond donors (Lipinski definition) is 1. The van der Waals surface area contributed by atoms with E-state index in [1.165, 1.54) is 6.07 Å². The fraction of sp³-hybridized carbons (Fsp3) is 0.176. The second-order valence-electron chi connectivity index (χ2n) is 10.8. The standard InChI is InChI=1S/C34H27F2N5O4/c35-27-18-26(29-7-4-8-33(38-29)45-20-23-11-13-41(39-23)24-5-2-1-3-6-24)28(36)15-22(27)17-32-37-30-10-9-21(34(42)43)16-31(30)40(32)19-25-12-14-44-25/h1-11,13,15-16,18,25H,12,14,17,19-20H2,(H,42,43). The number of hydrogen-bond acceptors (Lipinski definition) is 6. The van der Waals surface area contributed by atoms with Crippen molar-refractivity contribution in [3.8, 4) is 22.8 Å². The van der Waals surface area contributed by atoms with E-state index in [-0.39, 0.29) is 47.4 Å². The molecule has 6 aromatic rings. The molecule has 0 spiro atoms. The minimum absolute atomic E-state index is 0.000946. The Kier molecular flexibility index (Phi) is 7.52. The van der Waals surface area contributed by atoms with Gasteiger partial charge in [-0.05, 0) is 66.6 Å². The van der Waals surface area contributed by atoms with Gasteiger partial charge in [-0.15, -0.1) is 0 Å². The van der Waals surface area contributed by atoms with Gasteiger partial charge in [0.05, 0.1) is 40.6 Å². The zero-order chi connectivity index (χ0) is 30.9. The summed E-state index contributed by atoms with van der Waals surface area (Å²) in [4.78, 5) is 20.6. The molecule has 3 aromatic heterocycles. The van der Waals surface area contributed by atoms with Crippen LogP contribution in [-0.4, -0.2) is 48.1 Å². The highest BCUT2D eigenvalue weighted by atomic mass is 19.1. The van der Waals surface area contributed by atoms with Crippen LogP contribution in [-0.2, 0) is 24.3 Å². The molecule has 226 valence electrons. The van der Waals surface area contributed by atoms with Crippen LogP contribution < -0.4 is 4.74 Å². The summed E-state index contributed by atoms with van der Waals surface area (Å²) in [5, 5.41) is 14.0. The van der Waals surface area contributed by atoms with Crippen LogP contribution in [0.1, 0.15) is 33.9 Å². The number of ether oxygens (including phenoxy) is 2. The number of carboxylic acids is 1. The summed E-state index contributed by atoms with van der Waals surface area (Å²) in [6, 6.07) is 23.3. The third kappa shape index (κ3) is 5.89. The summed E-state index contributed by atoms with van der Waals surface area (Å²) < 4.78 is 46.0. The summed E-state index contributed by atoms with van der Waals surface area (Å²) in [6.45, 7) is 1.22. The fourth-order valence-corrected chi connectivity index (χ4v) is 5.32. The van der Waals surface area contributed by atoms with E-state index >= 15 is 8.78 Å². The van der Waals surface area contributed by atoms with Crippen LogP contribution in [0.3, 0.4) is 0 Å². The molecule has 0 amide bonds. The van der Waals surface area contributed by atoms with Gasteiger partial charge in [0.2, 0.25) is 5.88 Å². The fourth-order valence-electron chi connectivity index (χ4n) is 5.32. The number of rotatable bonds is 10. The van der Waals surface area contributed by atoms with Gasteiger partial charge in [-0.2, -0.15) is 5.10 Å². The predicted molar refractivity (Wildman–Crippen MR) is 161 cm³/mol. The lowest BCUT2D eigenvalue weighted by molar-refractivity contribution is -0.0589. The van der Waals surface area contributed by atoms with Crippen LogP contribution >= 0.6 is 0 Å². The molecule has 1 N–H and O–H groups in total. The van der Waals surface area contributed by atoms with Gasteiger partial charge >= 0.3 is 5.97 Å². The Morgan fingerprint density at radius 2 is 1.82 bits per heavy atom. The van der Waals surface area contributed by atoms with Crippen LogP contribution in [0.15, 0.2) is 91.1 Å². The normalized spacial score (nSPS) is 14.4. The Morgan fingerprint density at radius 1 is 0.978 bits per heavy atom. The van der Waals surface area contributed by atoms with E-state index in [2.05, 4.69) is 15.1 Å². The molecule has 1 saturated heterocycles. The van der Waals surface area contributed by atoms with Gasteiger partial charge < -0.3 is 19.1 Å². The first-order valence-corrected chi connectivity index (χ1v) is 14.4. The molecule has 3 aromatic carbocycles. The maximum atomic E-state index is 15.5. The molecule has 0 bridgehead atoms. The zero-order valence-electron chi connectivity index (χ0n) is 23.9. The molecule has 9 nitrogen and oxygen atoms in total. The predicted octanol–water partition coefficient (Wildman–Crippen LogP) is 6.22. The topological polar surface area (TPSA) is 104 Å². The summed E-state index contributed by atoms with van der Waals surface area (Å²) in [5.74, 6) is -1.58. The van der Waals surface area contributed by atoms with Gasteiger partial charge in [-0.3, -0.25) is 0 Å². The molecule has 1 unspecified atom stereocenters. The Balaban J connectivity index is 1.11. The summed E-state index contributed by atoms with van der Waals surface area (Å²) >= 11 is 0. The second kappa shape index (κ2) is 11.9. The average molecular weight is 608 g/mol. The number of imidazole rings is 1. The molecule has 1 atom stereocenters. The van der Waals surface area contributed by atoms with Crippen molar-refractivity contribution >= 4 is 17.0 Å². The highest BCUT2D eigenvalue weighted by Crippen LogP contribution is 2.29. The molecule has 1 fully saturated rings. The Bertz CT molecular complexity index is 2020. The Morgan fingerprint density at radius 3 is 2.60 bits per heavy atom. The smallest absolute Gasteiger partial charge is 0.335 e. The zero-order valence-corrected chi connectivity index (χ0v) is 23.9. The lowest BCUT2D eigenvalue weighted by Gasteiger charge is -2.27. The third-order valence-corrected chi connectivity index (χ3v) is 7.77. The van der Waals surface area contributed by atoms with Crippen LogP contribution in [0.5, 0.6) is 5.88 Å². The van der Waals surface area contributed by atoms with Crippen molar-refractivity contribution in [3.63, 3.8) is 0 Å². The molecular weight excluding hydrogens is 580 g/mol. The quantitative estimate of drug-likeness (QED) is 0.197. The average Bonchev–Trinajstić information content (AvgIpc) is 3.64. The number of aromatic nitrogens is 5. The van der Waals surface area contributed by atoms with Gasteiger partial charge in [0.15, 0.2) is 0 Å². The molecule has 4 heterocycles. The molecule has 11 heteroatoms. The van der Waals surface area contributed by atoms with E-state index in [9.17, 15) is 9.90 Å². The molecule has 45 heavy (non-hydrogen) atoms. The lowest BCUT2D eigenvalue weighted by Crippen LogP contribution is -2.31. The van der Waals surface area contributed by atoms with Gasteiger partial charge in [-0.25, -0.2) is 28.2 Å². The maximum absolute atomic E-state index is 15.5. The highest BCUT2D eigenvalue weighted by Gasteiger charge is 2.24. The van der Waals surface area contributed by atoms with E-state index in [0.717, 1.165) is 24.2 Å². The van der Waals surface area contributed by atoms with E-state index in [0.29, 0.717) is 35.7 Å². The molecule has 1 aliphatic rings. The first-order chi connectivity index (χ1) is 21.9. The first kappa shape index (κ1) is 28.4. The molecule has 0 aliphatic carbocycles. The monoisotopic (exact) mass is 607 g/mol. The van der Waals surface area contributed by atoms with Crippen molar-refractivity contribution in [2.24, 2.45) is 0 Å². The lowest BCUT2D eigenvalue weighted by atomic mass is 10.0. The van der Waals surface area contributed by atoms with E-state index in [1.54, 1.807) is 35.0 Å². The SMILES string of the molecule is O=C(O)c1ccc2nc(Cc3cc(F)c(-c4cccc(OCc5ccn(-c6ccccc6)n5)n4)cc3F)n(CC3CCO3)c2c1. The van der Waals surface area contributed by atoms with Crippen molar-refractivity contribution in [2.75, 3.05) is 6.61 Å². The number of halogens is 2. The number of benzene rings is 3. The molecule has 1 aliphatic heterocycles. The molecular formula is C34H27F2N5O4. The Hall–Kier alpha value is -5.42. The van der Waals surface area contributed by atoms with E-state index < -0.39 is 17.6 Å². The Labute approximate surface area is 256 Å². The minimum Gasteiger partial charge on any atom is -0.478 e. The number of nitrogens with zero attached hydrogens (tertiary/aromatic N) is 5. The number of carbonyl (C=O) groups is 1. The largest absolute Gasteiger partial charge is 0.478 e. The number of aromatic carboxylic acids is 1. The first-order valence-electron chi connectivity index (χ1n) is 14.4. The third-order valence-electron chi connectivity index (χ3n) is 7.77. The molecule has 0 radical (unpaired) electrons. The number of fused-ring (bicyclic) bond motifs is 1. The van der Waals surface area contributed by atoms with Crippen molar-refractivity contribution < 1.29 is 28.2 Å². The number of para-hydroxylation sites is 1. The van der Waals surface area contributed by atoms with Crippen LogP contribution in [0.25, 0.3) is 28.0 Å². The van der Waals surface area contributed by atoms with E-state index in [4.69, 9.17) is 9.47 Å². The summed E-state index contributed by atoms with van der Waals surface area (Å²) in [6.07, 6.45) is 2.63. The van der Waals surface area contributed by atoms with Gasteiger partial charge in [0.25, 0.3) is 0 Å². The van der Waals surface area contributed by atoms with Crippen molar-refractivity contribution in [2.45, 2.75) is 32.1 Å². The van der Waals surface area contributed by atoms with Gasteiger partial charge in [0, 0.05) is 30.9 Å². The van der Waals surface area contributed by atoms with Gasteiger partial charge in [-0.1, -0.05) is 24.3 Å². The van der Waals surface area contributed by atoms with Gasteiger partial charge in [0.1, 0.15) is 29.8 Å². The van der Waals surface area contributed by atoms with E-state index in [1.807, 2.05) is 47.2 Å². The van der Waals surface area contributed by atoms with Crippen molar-refractivity contribution in [1.82, 2.24) is 24.3 Å². The van der Waals surface area contributed by atoms with Crippen molar-refractivity contribution in [1.29, 1.82) is 0 Å². The summed E-state index contributed by atoms with van der Waals surface area (Å²) in [7, 11) is 0. The number of carboxylic acid groups (broad SMARTS) is 1.